The van der Waals surface area contributed by atoms with Crippen LogP contribution in [-0.2, 0) is 14.8 Å². The topological polar surface area (TPSA) is 84.9 Å². The van der Waals surface area contributed by atoms with E-state index in [1.54, 1.807) is 4.90 Å². The van der Waals surface area contributed by atoms with Gasteiger partial charge in [-0.2, -0.15) is 0 Å². The van der Waals surface area contributed by atoms with Gasteiger partial charge >= 0.3 is 0 Å². The molecule has 0 spiro atoms. The molecule has 3 rings (SSSR count). The molecule has 1 N–H and O–H groups in total. The van der Waals surface area contributed by atoms with Gasteiger partial charge < -0.3 is 14.4 Å². The van der Waals surface area contributed by atoms with E-state index in [4.69, 9.17) is 9.47 Å². The van der Waals surface area contributed by atoms with E-state index in [0.29, 0.717) is 25.4 Å². The molecule has 144 valence electrons. The third-order valence-electron chi connectivity index (χ3n) is 4.88. The number of amides is 1. The van der Waals surface area contributed by atoms with E-state index in [0.717, 1.165) is 32.1 Å². The number of nitrogens with zero attached hydrogens (tertiary/aromatic N) is 1. The second-order valence-electron chi connectivity index (χ2n) is 6.70. The first kappa shape index (κ1) is 19.1. The highest BCUT2D eigenvalue weighted by Crippen LogP contribution is 2.25. The van der Waals surface area contributed by atoms with Crippen LogP contribution in [-0.4, -0.2) is 58.7 Å². The maximum atomic E-state index is 12.8. The van der Waals surface area contributed by atoms with Gasteiger partial charge in [-0.05, 0) is 50.3 Å². The maximum absolute atomic E-state index is 12.8. The summed E-state index contributed by atoms with van der Waals surface area (Å²) in [4.78, 5) is 14.7. The van der Waals surface area contributed by atoms with E-state index >= 15 is 0 Å². The molecule has 0 radical (unpaired) electrons. The van der Waals surface area contributed by atoms with Crippen LogP contribution in [0, 0.1) is 0 Å². The van der Waals surface area contributed by atoms with Crippen LogP contribution in [0.3, 0.4) is 0 Å². The molecule has 2 heterocycles. The Kier molecular flexibility index (Phi) is 6.16. The number of methoxy groups -OCH3 is 1. The van der Waals surface area contributed by atoms with Crippen LogP contribution in [0.4, 0.5) is 0 Å². The fraction of sp³-hybridized carbons (Fsp3) is 0.611. The first-order valence-electron chi connectivity index (χ1n) is 9.10. The number of carbonyl (C=O) groups excluding carboxylic acids is 1. The summed E-state index contributed by atoms with van der Waals surface area (Å²) in [6.45, 7) is 2.29. The third kappa shape index (κ3) is 4.36. The number of ether oxygens (including phenoxy) is 2. The Morgan fingerprint density at radius 1 is 1.27 bits per heavy atom. The molecule has 2 saturated heterocycles. The van der Waals surface area contributed by atoms with Crippen molar-refractivity contribution in [3.8, 4) is 5.75 Å². The summed E-state index contributed by atoms with van der Waals surface area (Å²) in [5, 5.41) is 0. The summed E-state index contributed by atoms with van der Waals surface area (Å²) >= 11 is 0. The molecule has 0 bridgehead atoms. The number of carbonyl (C=O) groups is 1. The van der Waals surface area contributed by atoms with E-state index in [2.05, 4.69) is 4.72 Å². The van der Waals surface area contributed by atoms with Crippen molar-refractivity contribution in [2.45, 2.75) is 43.1 Å². The van der Waals surface area contributed by atoms with Gasteiger partial charge in [0.1, 0.15) is 5.75 Å². The van der Waals surface area contributed by atoms with Crippen LogP contribution in [0.5, 0.6) is 5.75 Å². The largest absolute Gasteiger partial charge is 0.496 e. The third-order valence-corrected chi connectivity index (χ3v) is 6.30. The van der Waals surface area contributed by atoms with Crippen molar-refractivity contribution in [3.63, 3.8) is 0 Å². The Balaban J connectivity index is 1.80. The van der Waals surface area contributed by atoms with Gasteiger partial charge in [0.15, 0.2) is 0 Å². The first-order chi connectivity index (χ1) is 12.5. The van der Waals surface area contributed by atoms with Gasteiger partial charge in [0.25, 0.3) is 5.91 Å². The smallest absolute Gasteiger partial charge is 0.257 e. The maximum Gasteiger partial charge on any atom is 0.257 e. The monoisotopic (exact) mass is 382 g/mol. The molecule has 1 unspecified atom stereocenters. The van der Waals surface area contributed by atoms with Gasteiger partial charge in [0.05, 0.1) is 23.7 Å². The molecule has 1 atom stereocenters. The van der Waals surface area contributed by atoms with Crippen LogP contribution in [0.2, 0.25) is 0 Å². The van der Waals surface area contributed by atoms with E-state index in [1.807, 2.05) is 0 Å². The molecule has 1 aromatic rings. The minimum Gasteiger partial charge on any atom is -0.496 e. The number of likely N-dealkylation sites (tertiary alicyclic amines) is 1. The molecule has 7 nitrogen and oxygen atoms in total. The van der Waals surface area contributed by atoms with E-state index in [-0.39, 0.29) is 29.0 Å². The number of nitrogens with one attached hydrogen (secondary N) is 1. The molecular formula is C18H26N2O5S. The Morgan fingerprint density at radius 2 is 2.04 bits per heavy atom. The molecular weight excluding hydrogens is 356 g/mol. The Bertz CT molecular complexity index is 738. The van der Waals surface area contributed by atoms with Gasteiger partial charge in [-0.25, -0.2) is 13.1 Å². The zero-order chi connectivity index (χ0) is 18.6. The second-order valence-corrected chi connectivity index (χ2v) is 8.47. The lowest BCUT2D eigenvalue weighted by Gasteiger charge is -2.27. The molecule has 0 saturated carbocycles. The molecule has 2 aliphatic heterocycles. The van der Waals surface area contributed by atoms with E-state index in [9.17, 15) is 13.2 Å². The van der Waals surface area contributed by atoms with Crippen LogP contribution in [0.25, 0.3) is 0 Å². The van der Waals surface area contributed by atoms with Crippen molar-refractivity contribution < 1.29 is 22.7 Å². The predicted octanol–water partition coefficient (Wildman–Crippen LogP) is 1.78. The fourth-order valence-corrected chi connectivity index (χ4v) is 4.47. The molecule has 0 aromatic heterocycles. The summed E-state index contributed by atoms with van der Waals surface area (Å²) in [7, 11) is -2.24. The summed E-state index contributed by atoms with van der Waals surface area (Å²) in [6.07, 6.45) is 4.76. The number of benzene rings is 1. The first-order valence-corrected chi connectivity index (χ1v) is 10.6. The lowest BCUT2D eigenvalue weighted by atomic mass is 10.1. The number of piperidine rings is 1. The summed E-state index contributed by atoms with van der Waals surface area (Å²) in [5.41, 5.74) is 0.286. The Labute approximate surface area is 154 Å². The quantitative estimate of drug-likeness (QED) is 0.811. The highest BCUT2D eigenvalue weighted by Gasteiger charge is 2.25. The molecule has 26 heavy (non-hydrogen) atoms. The number of hydrogen-bond donors (Lipinski definition) is 1. The van der Waals surface area contributed by atoms with Crippen LogP contribution < -0.4 is 9.46 Å². The predicted molar refractivity (Wildman–Crippen MR) is 96.9 cm³/mol. The minimum atomic E-state index is -3.72. The highest BCUT2D eigenvalue weighted by atomic mass is 32.2. The normalized spacial score (nSPS) is 21.0. The van der Waals surface area contributed by atoms with Gasteiger partial charge in [-0.1, -0.05) is 0 Å². The lowest BCUT2D eigenvalue weighted by Crippen LogP contribution is -2.36. The standard InChI is InChI=1S/C18H26N2O5S/c1-24-17-8-7-15(26(22,23)19-13-14-6-5-11-25-14)12-16(17)18(21)20-9-3-2-4-10-20/h7-8,12,14,19H,2-6,9-11,13H2,1H3. The summed E-state index contributed by atoms with van der Waals surface area (Å²) in [6, 6.07) is 4.41. The molecule has 1 aromatic carbocycles. The Morgan fingerprint density at radius 3 is 2.69 bits per heavy atom. The van der Waals surface area contributed by atoms with E-state index in [1.165, 1.54) is 25.3 Å². The summed E-state index contributed by atoms with van der Waals surface area (Å²) < 4.78 is 38.5. The van der Waals surface area contributed by atoms with Gasteiger partial charge in [-0.3, -0.25) is 4.79 Å². The fourth-order valence-electron chi connectivity index (χ4n) is 3.38. The number of hydrogen-bond acceptors (Lipinski definition) is 5. The molecule has 8 heteroatoms. The molecule has 0 aliphatic carbocycles. The zero-order valence-corrected chi connectivity index (χ0v) is 15.9. The van der Waals surface area contributed by atoms with Crippen molar-refractivity contribution in [2.75, 3.05) is 33.4 Å². The highest BCUT2D eigenvalue weighted by molar-refractivity contribution is 7.89. The summed E-state index contributed by atoms with van der Waals surface area (Å²) in [5.74, 6) is 0.205. The number of rotatable bonds is 6. The van der Waals surface area contributed by atoms with Gasteiger partial charge in [0, 0.05) is 26.2 Å². The van der Waals surface area contributed by atoms with Crippen LogP contribution in [0.1, 0.15) is 42.5 Å². The average Bonchev–Trinajstić information content (AvgIpc) is 3.20. The second kappa shape index (κ2) is 8.37. The van der Waals surface area contributed by atoms with Crippen LogP contribution in [0.15, 0.2) is 23.1 Å². The van der Waals surface area contributed by atoms with Crippen molar-refractivity contribution in [2.24, 2.45) is 0 Å². The molecule has 1 amide bonds. The minimum absolute atomic E-state index is 0.0663. The van der Waals surface area contributed by atoms with Gasteiger partial charge in [-0.15, -0.1) is 0 Å². The SMILES string of the molecule is COc1ccc(S(=O)(=O)NCC2CCCO2)cc1C(=O)N1CCCCC1. The van der Waals surface area contributed by atoms with Gasteiger partial charge in [0.2, 0.25) is 10.0 Å². The average molecular weight is 382 g/mol. The molecule has 2 aliphatic rings. The van der Waals surface area contributed by atoms with Crippen molar-refractivity contribution in [1.82, 2.24) is 9.62 Å². The van der Waals surface area contributed by atoms with Crippen molar-refractivity contribution in [1.29, 1.82) is 0 Å². The van der Waals surface area contributed by atoms with Crippen molar-refractivity contribution in [3.05, 3.63) is 23.8 Å². The van der Waals surface area contributed by atoms with E-state index < -0.39 is 10.0 Å². The Hall–Kier alpha value is -1.64. The molecule has 2 fully saturated rings. The van der Waals surface area contributed by atoms with Crippen molar-refractivity contribution >= 4 is 15.9 Å². The number of sulfonamides is 1. The van der Waals surface area contributed by atoms with Crippen LogP contribution >= 0.6 is 0 Å². The zero-order valence-electron chi connectivity index (χ0n) is 15.1. The lowest BCUT2D eigenvalue weighted by molar-refractivity contribution is 0.0720.